The third-order valence-electron chi connectivity index (χ3n) is 3.11. The fourth-order valence-electron chi connectivity index (χ4n) is 2.08. The highest BCUT2D eigenvalue weighted by Gasteiger charge is 2.34. The number of hydrogen-bond donors (Lipinski definition) is 3. The van der Waals surface area contributed by atoms with Crippen molar-refractivity contribution < 1.29 is 17.6 Å². The summed E-state index contributed by atoms with van der Waals surface area (Å²) < 4.78 is 51.3. The summed E-state index contributed by atoms with van der Waals surface area (Å²) in [4.78, 5) is 0. The molecule has 0 amide bonds. The number of para-hydroxylation sites is 1. The molecule has 0 fully saturated rings. The molecule has 0 spiro atoms. The summed E-state index contributed by atoms with van der Waals surface area (Å²) in [6, 6.07) is 8.66. The van der Waals surface area contributed by atoms with Gasteiger partial charge in [0.2, 0.25) is 0 Å². The van der Waals surface area contributed by atoms with Crippen molar-refractivity contribution in [3.05, 3.63) is 65.0 Å². The highest BCUT2D eigenvalue weighted by molar-refractivity contribution is 5.51. The van der Waals surface area contributed by atoms with Gasteiger partial charge in [0, 0.05) is 5.69 Å². The molecule has 1 atom stereocenters. The zero-order valence-electron chi connectivity index (χ0n) is 10.8. The Bertz CT molecular complexity index is 640. The molecule has 0 bridgehead atoms. The van der Waals surface area contributed by atoms with E-state index in [9.17, 15) is 17.6 Å². The Kier molecular flexibility index (Phi) is 4.15. The molecule has 0 aliphatic rings. The number of nitrogens with two attached hydrogens (primary N) is 2. The van der Waals surface area contributed by atoms with Crippen molar-refractivity contribution in [3.63, 3.8) is 0 Å². The van der Waals surface area contributed by atoms with Gasteiger partial charge < -0.3 is 5.73 Å². The minimum absolute atomic E-state index is 0.251. The van der Waals surface area contributed by atoms with Gasteiger partial charge in [0.1, 0.15) is 5.82 Å². The number of halogens is 4. The molecule has 0 radical (unpaired) electrons. The topological polar surface area (TPSA) is 64.1 Å². The monoisotopic (exact) mass is 299 g/mol. The quantitative estimate of drug-likeness (QED) is 0.353. The van der Waals surface area contributed by atoms with Crippen LogP contribution in [0.25, 0.3) is 0 Å². The second-order valence-electron chi connectivity index (χ2n) is 4.47. The molecule has 0 saturated carbocycles. The van der Waals surface area contributed by atoms with Crippen LogP contribution < -0.4 is 17.0 Å². The van der Waals surface area contributed by atoms with E-state index >= 15 is 0 Å². The van der Waals surface area contributed by atoms with Crippen molar-refractivity contribution >= 4 is 5.69 Å². The second-order valence-corrected chi connectivity index (χ2v) is 4.47. The molecule has 0 aliphatic heterocycles. The molecule has 0 saturated heterocycles. The van der Waals surface area contributed by atoms with Crippen molar-refractivity contribution in [2.45, 2.75) is 12.2 Å². The molecule has 0 aromatic heterocycles. The van der Waals surface area contributed by atoms with E-state index in [1.54, 1.807) is 24.3 Å². The maximum atomic E-state index is 13.6. The first-order valence-corrected chi connectivity index (χ1v) is 6.01. The van der Waals surface area contributed by atoms with Gasteiger partial charge >= 0.3 is 6.18 Å². The van der Waals surface area contributed by atoms with E-state index in [1.165, 1.54) is 6.07 Å². The van der Waals surface area contributed by atoms with Crippen LogP contribution in [0, 0.1) is 5.82 Å². The minimum Gasteiger partial charge on any atom is -0.398 e. The first kappa shape index (κ1) is 15.3. The molecule has 2 aromatic rings. The third-order valence-corrected chi connectivity index (χ3v) is 3.11. The Labute approximate surface area is 118 Å². The Morgan fingerprint density at radius 1 is 1.05 bits per heavy atom. The standard InChI is InChI=1S/C14H13F4N3/c15-11-7-8(5-6-10(11)14(16,17)18)13(21-20)9-3-1-2-4-12(9)19/h1-7,13,21H,19-20H2. The minimum atomic E-state index is -4.74. The van der Waals surface area contributed by atoms with Gasteiger partial charge in [-0.2, -0.15) is 13.2 Å². The number of hydrogen-bond acceptors (Lipinski definition) is 3. The molecule has 0 heterocycles. The molecule has 0 aliphatic carbocycles. The van der Waals surface area contributed by atoms with E-state index in [2.05, 4.69) is 5.43 Å². The molecule has 112 valence electrons. The van der Waals surface area contributed by atoms with Crippen LogP contribution in [0.3, 0.4) is 0 Å². The summed E-state index contributed by atoms with van der Waals surface area (Å²) in [6.45, 7) is 0. The maximum Gasteiger partial charge on any atom is 0.419 e. The van der Waals surface area contributed by atoms with Gasteiger partial charge in [0.05, 0.1) is 11.6 Å². The molecule has 1 unspecified atom stereocenters. The maximum absolute atomic E-state index is 13.6. The average Bonchev–Trinajstić information content (AvgIpc) is 2.40. The summed E-state index contributed by atoms with van der Waals surface area (Å²) in [5.74, 6) is 4.08. The fourth-order valence-corrected chi connectivity index (χ4v) is 2.08. The van der Waals surface area contributed by atoms with E-state index in [1.807, 2.05) is 0 Å². The van der Waals surface area contributed by atoms with Crippen LogP contribution in [-0.2, 0) is 6.18 Å². The van der Waals surface area contributed by atoms with Crippen molar-refractivity contribution in [1.82, 2.24) is 5.43 Å². The number of nitrogens with one attached hydrogen (secondary N) is 1. The van der Waals surface area contributed by atoms with Crippen LogP contribution in [0.1, 0.15) is 22.7 Å². The largest absolute Gasteiger partial charge is 0.419 e. The van der Waals surface area contributed by atoms with E-state index < -0.39 is 23.6 Å². The highest BCUT2D eigenvalue weighted by Crippen LogP contribution is 2.34. The molecule has 7 heteroatoms. The Morgan fingerprint density at radius 2 is 1.71 bits per heavy atom. The van der Waals surface area contributed by atoms with E-state index in [-0.39, 0.29) is 5.56 Å². The molecule has 3 nitrogen and oxygen atoms in total. The van der Waals surface area contributed by atoms with Crippen LogP contribution >= 0.6 is 0 Å². The predicted octanol–water partition coefficient (Wildman–Crippen LogP) is 2.98. The number of nitrogen functional groups attached to an aromatic ring is 1. The second kappa shape index (κ2) is 5.71. The lowest BCUT2D eigenvalue weighted by molar-refractivity contribution is -0.140. The van der Waals surface area contributed by atoms with Gasteiger partial charge in [0.25, 0.3) is 0 Å². The number of alkyl halides is 3. The van der Waals surface area contributed by atoms with Gasteiger partial charge in [-0.05, 0) is 29.3 Å². The fraction of sp³-hybridized carbons (Fsp3) is 0.143. The lowest BCUT2D eigenvalue weighted by Gasteiger charge is -2.19. The van der Waals surface area contributed by atoms with Gasteiger partial charge in [-0.3, -0.25) is 5.84 Å². The molecular formula is C14H13F4N3. The Morgan fingerprint density at radius 3 is 2.24 bits per heavy atom. The summed E-state index contributed by atoms with van der Waals surface area (Å²) >= 11 is 0. The Balaban J connectivity index is 2.45. The number of hydrazine groups is 1. The van der Waals surface area contributed by atoms with E-state index in [0.29, 0.717) is 17.3 Å². The smallest absolute Gasteiger partial charge is 0.398 e. The van der Waals surface area contributed by atoms with Gasteiger partial charge in [0.15, 0.2) is 0 Å². The van der Waals surface area contributed by atoms with Gasteiger partial charge in [-0.15, -0.1) is 0 Å². The molecule has 2 aromatic carbocycles. The highest BCUT2D eigenvalue weighted by atomic mass is 19.4. The molecule has 21 heavy (non-hydrogen) atoms. The summed E-state index contributed by atoms with van der Waals surface area (Å²) in [5, 5.41) is 0. The van der Waals surface area contributed by atoms with Crippen LogP contribution in [-0.4, -0.2) is 0 Å². The van der Waals surface area contributed by atoms with Crippen molar-refractivity contribution in [2.75, 3.05) is 5.73 Å². The third kappa shape index (κ3) is 3.14. The SMILES string of the molecule is NNC(c1ccc(C(F)(F)F)c(F)c1)c1ccccc1N. The molecule has 5 N–H and O–H groups in total. The van der Waals surface area contributed by atoms with Crippen LogP contribution in [0.4, 0.5) is 23.2 Å². The van der Waals surface area contributed by atoms with Crippen molar-refractivity contribution in [3.8, 4) is 0 Å². The van der Waals surface area contributed by atoms with Crippen LogP contribution in [0.15, 0.2) is 42.5 Å². The van der Waals surface area contributed by atoms with Crippen molar-refractivity contribution in [2.24, 2.45) is 5.84 Å². The van der Waals surface area contributed by atoms with Gasteiger partial charge in [-0.25, -0.2) is 9.82 Å². The summed E-state index contributed by atoms with van der Waals surface area (Å²) in [7, 11) is 0. The Hall–Kier alpha value is -2.12. The van der Waals surface area contributed by atoms with Crippen LogP contribution in [0.5, 0.6) is 0 Å². The lowest BCUT2D eigenvalue weighted by atomic mass is 9.96. The predicted molar refractivity (Wildman–Crippen MR) is 71.4 cm³/mol. The zero-order chi connectivity index (χ0) is 15.6. The van der Waals surface area contributed by atoms with E-state index in [0.717, 1.165) is 6.07 Å². The lowest BCUT2D eigenvalue weighted by Crippen LogP contribution is -2.29. The number of rotatable bonds is 3. The number of anilines is 1. The normalized spacial score (nSPS) is 13.2. The summed E-state index contributed by atoms with van der Waals surface area (Å²) in [6.07, 6.45) is -4.74. The van der Waals surface area contributed by atoms with Crippen molar-refractivity contribution in [1.29, 1.82) is 0 Å². The van der Waals surface area contributed by atoms with Crippen LogP contribution in [0.2, 0.25) is 0 Å². The molecular weight excluding hydrogens is 286 g/mol. The van der Waals surface area contributed by atoms with Gasteiger partial charge in [-0.1, -0.05) is 24.3 Å². The van der Waals surface area contributed by atoms with E-state index in [4.69, 9.17) is 11.6 Å². The zero-order valence-corrected chi connectivity index (χ0v) is 10.8. The summed E-state index contributed by atoms with van der Waals surface area (Å²) in [5.41, 5.74) is 8.13. The molecule has 2 rings (SSSR count). The number of benzene rings is 2. The first-order chi connectivity index (χ1) is 9.84. The first-order valence-electron chi connectivity index (χ1n) is 6.01. The average molecular weight is 299 g/mol.